The topological polar surface area (TPSA) is 64.9 Å². The molecule has 0 bridgehead atoms. The maximum Gasteiger partial charge on any atom is 0.123 e. The maximum atomic E-state index is 5.37. The number of hydrogen-bond acceptors (Lipinski definition) is 3. The van der Waals surface area contributed by atoms with E-state index in [9.17, 15) is 0 Å². The Morgan fingerprint density at radius 1 is 1.56 bits per heavy atom. The van der Waals surface area contributed by atoms with Gasteiger partial charge in [0.25, 0.3) is 0 Å². The second kappa shape index (κ2) is 2.46. The molecule has 0 amide bonds. The van der Waals surface area contributed by atoms with E-state index in [1.807, 2.05) is 6.07 Å². The van der Waals surface area contributed by atoms with Crippen molar-refractivity contribution in [3.8, 4) is 0 Å². The fraction of sp³-hybridized carbons (Fsp3) is 0.167. The average molecular weight is 123 g/mol. The molecule has 0 saturated carbocycles. The van der Waals surface area contributed by atoms with Gasteiger partial charge in [0, 0.05) is 12.7 Å². The van der Waals surface area contributed by atoms with Gasteiger partial charge in [-0.2, -0.15) is 0 Å². The van der Waals surface area contributed by atoms with E-state index in [1.165, 1.54) is 0 Å². The van der Waals surface area contributed by atoms with Crippen molar-refractivity contribution in [2.45, 2.75) is 6.54 Å². The Balaban J connectivity index is 2.94. The van der Waals surface area contributed by atoms with Gasteiger partial charge in [-0.05, 0) is 17.7 Å². The fourth-order valence-corrected chi connectivity index (χ4v) is 0.621. The van der Waals surface area contributed by atoms with Crippen LogP contribution in [0.15, 0.2) is 18.3 Å². The normalized spacial score (nSPS) is 9.44. The van der Waals surface area contributed by atoms with E-state index in [2.05, 4.69) is 4.98 Å². The smallest absolute Gasteiger partial charge is 0.123 e. The Kier molecular flexibility index (Phi) is 1.65. The SMILES string of the molecule is NCc1ccnc(N)c1. The molecule has 0 aliphatic rings. The summed E-state index contributed by atoms with van der Waals surface area (Å²) in [6.45, 7) is 0.521. The third kappa shape index (κ3) is 1.40. The monoisotopic (exact) mass is 123 g/mol. The van der Waals surface area contributed by atoms with E-state index in [0.717, 1.165) is 5.56 Å². The first-order valence-corrected chi connectivity index (χ1v) is 2.73. The van der Waals surface area contributed by atoms with E-state index in [1.54, 1.807) is 12.3 Å². The number of hydrogen-bond donors (Lipinski definition) is 2. The highest BCUT2D eigenvalue weighted by molar-refractivity contribution is 5.31. The summed E-state index contributed by atoms with van der Waals surface area (Å²) < 4.78 is 0. The summed E-state index contributed by atoms with van der Waals surface area (Å²) in [6, 6.07) is 3.61. The molecule has 0 spiro atoms. The van der Waals surface area contributed by atoms with Crippen molar-refractivity contribution < 1.29 is 0 Å². The Morgan fingerprint density at radius 3 is 2.78 bits per heavy atom. The summed E-state index contributed by atoms with van der Waals surface area (Å²) in [4.78, 5) is 3.81. The number of nitrogen functional groups attached to an aromatic ring is 1. The molecule has 0 fully saturated rings. The Morgan fingerprint density at radius 2 is 2.33 bits per heavy atom. The molecule has 0 aliphatic heterocycles. The Bertz CT molecular complexity index is 197. The lowest BCUT2D eigenvalue weighted by molar-refractivity contribution is 1.06. The molecule has 1 rings (SSSR count). The lowest BCUT2D eigenvalue weighted by atomic mass is 10.3. The molecule has 3 heteroatoms. The van der Waals surface area contributed by atoms with Crippen molar-refractivity contribution in [2.75, 3.05) is 5.73 Å². The summed E-state index contributed by atoms with van der Waals surface area (Å²) in [6.07, 6.45) is 1.65. The lowest BCUT2D eigenvalue weighted by Gasteiger charge is -1.94. The molecular formula is C6H9N3. The van der Waals surface area contributed by atoms with Gasteiger partial charge in [-0.25, -0.2) is 4.98 Å². The van der Waals surface area contributed by atoms with E-state index in [4.69, 9.17) is 11.5 Å². The van der Waals surface area contributed by atoms with Gasteiger partial charge in [-0.15, -0.1) is 0 Å². The van der Waals surface area contributed by atoms with E-state index < -0.39 is 0 Å². The predicted molar refractivity (Wildman–Crippen MR) is 36.5 cm³/mol. The van der Waals surface area contributed by atoms with Crippen molar-refractivity contribution in [2.24, 2.45) is 5.73 Å². The number of nitrogens with zero attached hydrogens (tertiary/aromatic N) is 1. The average Bonchev–Trinajstić information content (AvgIpc) is 1.88. The first-order chi connectivity index (χ1) is 4.33. The fourth-order valence-electron chi connectivity index (χ4n) is 0.621. The van der Waals surface area contributed by atoms with Gasteiger partial charge < -0.3 is 11.5 Å². The minimum absolute atomic E-state index is 0.521. The minimum Gasteiger partial charge on any atom is -0.384 e. The van der Waals surface area contributed by atoms with E-state index in [0.29, 0.717) is 12.4 Å². The van der Waals surface area contributed by atoms with Crippen molar-refractivity contribution in [3.63, 3.8) is 0 Å². The molecule has 0 aliphatic carbocycles. The van der Waals surface area contributed by atoms with Crippen LogP contribution in [0.25, 0.3) is 0 Å². The summed E-state index contributed by atoms with van der Waals surface area (Å²) >= 11 is 0. The van der Waals surface area contributed by atoms with E-state index >= 15 is 0 Å². The Hall–Kier alpha value is -1.09. The quantitative estimate of drug-likeness (QED) is 0.557. The van der Waals surface area contributed by atoms with Crippen LogP contribution in [0.3, 0.4) is 0 Å². The number of nitrogens with two attached hydrogens (primary N) is 2. The van der Waals surface area contributed by atoms with Crippen LogP contribution < -0.4 is 11.5 Å². The van der Waals surface area contributed by atoms with Gasteiger partial charge >= 0.3 is 0 Å². The maximum absolute atomic E-state index is 5.37. The van der Waals surface area contributed by atoms with Crippen LogP contribution in [0.4, 0.5) is 5.82 Å². The third-order valence-corrected chi connectivity index (χ3v) is 1.08. The van der Waals surface area contributed by atoms with Crippen LogP contribution >= 0.6 is 0 Å². The second-order valence-corrected chi connectivity index (χ2v) is 1.79. The van der Waals surface area contributed by atoms with E-state index in [-0.39, 0.29) is 0 Å². The summed E-state index contributed by atoms with van der Waals surface area (Å²) in [5.41, 5.74) is 11.7. The van der Waals surface area contributed by atoms with Crippen molar-refractivity contribution in [1.29, 1.82) is 0 Å². The molecule has 3 nitrogen and oxygen atoms in total. The van der Waals surface area contributed by atoms with Crippen LogP contribution in [-0.4, -0.2) is 4.98 Å². The zero-order chi connectivity index (χ0) is 6.69. The molecule has 0 aromatic carbocycles. The van der Waals surface area contributed by atoms with Gasteiger partial charge in [-0.3, -0.25) is 0 Å². The highest BCUT2D eigenvalue weighted by Gasteiger charge is 1.87. The summed E-state index contributed by atoms with van der Waals surface area (Å²) in [7, 11) is 0. The van der Waals surface area contributed by atoms with Gasteiger partial charge in [0.05, 0.1) is 0 Å². The first kappa shape index (κ1) is 6.04. The Labute approximate surface area is 53.7 Å². The third-order valence-electron chi connectivity index (χ3n) is 1.08. The van der Waals surface area contributed by atoms with Crippen molar-refractivity contribution in [3.05, 3.63) is 23.9 Å². The van der Waals surface area contributed by atoms with Crippen molar-refractivity contribution >= 4 is 5.82 Å². The van der Waals surface area contributed by atoms with Crippen LogP contribution in [-0.2, 0) is 6.54 Å². The van der Waals surface area contributed by atoms with Crippen LogP contribution in [0, 0.1) is 0 Å². The second-order valence-electron chi connectivity index (χ2n) is 1.79. The number of anilines is 1. The molecule has 1 aromatic heterocycles. The molecule has 0 unspecified atom stereocenters. The molecule has 0 radical (unpaired) electrons. The molecule has 1 heterocycles. The molecule has 4 N–H and O–H groups in total. The molecular weight excluding hydrogens is 114 g/mol. The van der Waals surface area contributed by atoms with Gasteiger partial charge in [-0.1, -0.05) is 0 Å². The zero-order valence-corrected chi connectivity index (χ0v) is 5.04. The first-order valence-electron chi connectivity index (χ1n) is 2.73. The largest absolute Gasteiger partial charge is 0.384 e. The molecule has 0 atom stereocenters. The molecule has 48 valence electrons. The highest BCUT2D eigenvalue weighted by atomic mass is 14.8. The van der Waals surface area contributed by atoms with Crippen LogP contribution in [0.1, 0.15) is 5.56 Å². The van der Waals surface area contributed by atoms with Crippen molar-refractivity contribution in [1.82, 2.24) is 4.98 Å². The summed E-state index contributed by atoms with van der Waals surface area (Å²) in [5, 5.41) is 0. The molecule has 9 heavy (non-hydrogen) atoms. The minimum atomic E-state index is 0.521. The lowest BCUT2D eigenvalue weighted by Crippen LogP contribution is -1.98. The number of rotatable bonds is 1. The number of pyridine rings is 1. The predicted octanol–water partition coefficient (Wildman–Crippen LogP) is 0.122. The van der Waals surface area contributed by atoms with Crippen LogP contribution in [0.5, 0.6) is 0 Å². The van der Waals surface area contributed by atoms with Crippen LogP contribution in [0.2, 0.25) is 0 Å². The zero-order valence-electron chi connectivity index (χ0n) is 5.04. The standard InChI is InChI=1S/C6H9N3/c7-4-5-1-2-9-6(8)3-5/h1-3H,4,7H2,(H2,8,9). The molecule has 0 saturated heterocycles. The molecule has 1 aromatic rings. The van der Waals surface area contributed by atoms with Gasteiger partial charge in [0.1, 0.15) is 5.82 Å². The summed E-state index contributed by atoms with van der Waals surface area (Å²) in [5.74, 6) is 0.526. The van der Waals surface area contributed by atoms with Gasteiger partial charge in [0.15, 0.2) is 0 Å². The number of aromatic nitrogens is 1. The van der Waals surface area contributed by atoms with Gasteiger partial charge in [0.2, 0.25) is 0 Å². The highest BCUT2D eigenvalue weighted by Crippen LogP contribution is 2.00.